The fourth-order valence-electron chi connectivity index (χ4n) is 3.48. The SMILES string of the molecule is CC(C)c1ccc(Nc2sc(C(=O)c3ccccc3)c(N)c2S(=O)(=O)c2ccc(Br)cc2)cc1. The largest absolute Gasteiger partial charge is 0.396 e. The Kier molecular flexibility index (Phi) is 6.93. The molecule has 0 saturated carbocycles. The lowest BCUT2D eigenvalue weighted by atomic mass is 10.0. The fourth-order valence-corrected chi connectivity index (χ4v) is 6.68. The summed E-state index contributed by atoms with van der Waals surface area (Å²) in [6, 6.07) is 22.8. The van der Waals surface area contributed by atoms with Crippen LogP contribution in [0.1, 0.15) is 40.6 Å². The lowest BCUT2D eigenvalue weighted by Crippen LogP contribution is -2.08. The summed E-state index contributed by atoms with van der Waals surface area (Å²) in [5.41, 5.74) is 8.63. The van der Waals surface area contributed by atoms with Gasteiger partial charge in [0.15, 0.2) is 0 Å². The van der Waals surface area contributed by atoms with Gasteiger partial charge < -0.3 is 11.1 Å². The fraction of sp³-hybridized carbons (Fsp3) is 0.115. The third-order valence-electron chi connectivity index (χ3n) is 5.37. The van der Waals surface area contributed by atoms with Crippen LogP contribution < -0.4 is 11.1 Å². The van der Waals surface area contributed by atoms with Crippen molar-refractivity contribution in [1.82, 2.24) is 0 Å². The van der Waals surface area contributed by atoms with Gasteiger partial charge in [0, 0.05) is 15.7 Å². The first kappa shape index (κ1) is 24.2. The van der Waals surface area contributed by atoms with E-state index in [0.29, 0.717) is 22.2 Å². The van der Waals surface area contributed by atoms with Gasteiger partial charge in [0.05, 0.1) is 10.6 Å². The summed E-state index contributed by atoms with van der Waals surface area (Å²) in [6.45, 7) is 4.21. The highest BCUT2D eigenvalue weighted by Crippen LogP contribution is 2.44. The number of halogens is 1. The van der Waals surface area contributed by atoms with Gasteiger partial charge in [-0.3, -0.25) is 4.79 Å². The molecule has 1 aromatic heterocycles. The molecule has 0 aliphatic rings. The maximum Gasteiger partial charge on any atom is 0.211 e. The second-order valence-electron chi connectivity index (χ2n) is 8.06. The lowest BCUT2D eigenvalue weighted by molar-refractivity contribution is 0.104. The summed E-state index contributed by atoms with van der Waals surface area (Å²) < 4.78 is 28.1. The predicted molar refractivity (Wildman–Crippen MR) is 142 cm³/mol. The molecule has 0 aliphatic carbocycles. The van der Waals surface area contributed by atoms with E-state index in [0.717, 1.165) is 15.8 Å². The molecule has 0 aliphatic heterocycles. The number of hydrogen-bond acceptors (Lipinski definition) is 6. The highest BCUT2D eigenvalue weighted by molar-refractivity contribution is 9.10. The van der Waals surface area contributed by atoms with E-state index in [-0.39, 0.29) is 26.1 Å². The monoisotopic (exact) mass is 554 g/mol. The van der Waals surface area contributed by atoms with E-state index >= 15 is 0 Å². The van der Waals surface area contributed by atoms with E-state index in [1.807, 2.05) is 30.3 Å². The summed E-state index contributed by atoms with van der Waals surface area (Å²) in [7, 11) is -4.00. The topological polar surface area (TPSA) is 89.3 Å². The van der Waals surface area contributed by atoms with E-state index < -0.39 is 9.84 Å². The molecule has 0 atom stereocenters. The summed E-state index contributed by atoms with van der Waals surface area (Å²) in [4.78, 5) is 13.4. The second kappa shape index (κ2) is 9.74. The van der Waals surface area contributed by atoms with Crippen molar-refractivity contribution in [1.29, 1.82) is 0 Å². The Labute approximate surface area is 211 Å². The average Bonchev–Trinajstić information content (AvgIpc) is 3.16. The van der Waals surface area contributed by atoms with Crippen LogP contribution in [0.2, 0.25) is 0 Å². The van der Waals surface area contributed by atoms with Gasteiger partial charge in [0.2, 0.25) is 15.6 Å². The van der Waals surface area contributed by atoms with Crippen LogP contribution in [-0.2, 0) is 9.84 Å². The highest BCUT2D eigenvalue weighted by Gasteiger charge is 2.31. The summed E-state index contributed by atoms with van der Waals surface area (Å²) in [5.74, 6) is 0.0495. The van der Waals surface area contributed by atoms with Gasteiger partial charge in [-0.25, -0.2) is 8.42 Å². The quantitative estimate of drug-likeness (QED) is 0.239. The summed E-state index contributed by atoms with van der Waals surface area (Å²) >= 11 is 4.38. The van der Waals surface area contributed by atoms with Crippen molar-refractivity contribution in [2.45, 2.75) is 29.6 Å². The smallest absolute Gasteiger partial charge is 0.211 e. The van der Waals surface area contributed by atoms with Crippen LogP contribution >= 0.6 is 27.3 Å². The first-order chi connectivity index (χ1) is 16.2. The Morgan fingerprint density at radius 3 is 2.15 bits per heavy atom. The van der Waals surface area contributed by atoms with Gasteiger partial charge >= 0.3 is 0 Å². The number of benzene rings is 3. The number of carbonyl (C=O) groups excluding carboxylic acids is 1. The third-order valence-corrected chi connectivity index (χ3v) is 9.00. The molecule has 0 spiro atoms. The van der Waals surface area contributed by atoms with E-state index in [2.05, 4.69) is 35.1 Å². The molecular weight excluding hydrogens is 532 g/mol. The minimum Gasteiger partial charge on any atom is -0.396 e. The molecule has 0 unspecified atom stereocenters. The number of sulfone groups is 1. The molecule has 3 N–H and O–H groups in total. The van der Waals surface area contributed by atoms with Crippen molar-refractivity contribution in [3.8, 4) is 0 Å². The molecule has 1 heterocycles. The predicted octanol–water partition coefficient (Wildman–Crippen LogP) is 7.02. The van der Waals surface area contributed by atoms with Crippen LogP contribution in [0.25, 0.3) is 0 Å². The first-order valence-corrected chi connectivity index (χ1v) is 13.7. The van der Waals surface area contributed by atoms with Crippen molar-refractivity contribution in [2.24, 2.45) is 0 Å². The van der Waals surface area contributed by atoms with E-state index in [4.69, 9.17) is 5.73 Å². The minimum atomic E-state index is -4.00. The van der Waals surface area contributed by atoms with Crippen LogP contribution in [0.3, 0.4) is 0 Å². The summed E-state index contributed by atoms with van der Waals surface area (Å²) in [6.07, 6.45) is 0. The highest BCUT2D eigenvalue weighted by atomic mass is 79.9. The molecule has 0 amide bonds. The van der Waals surface area contributed by atoms with Crippen molar-refractivity contribution in [3.63, 3.8) is 0 Å². The van der Waals surface area contributed by atoms with Crippen LogP contribution in [0.15, 0.2) is 93.1 Å². The molecule has 34 heavy (non-hydrogen) atoms. The lowest BCUT2D eigenvalue weighted by Gasteiger charge is -2.11. The van der Waals surface area contributed by atoms with Gasteiger partial charge in [-0.15, -0.1) is 11.3 Å². The molecule has 5 nitrogen and oxygen atoms in total. The number of hydrogen-bond donors (Lipinski definition) is 2. The Balaban J connectivity index is 1.84. The number of carbonyl (C=O) groups is 1. The molecule has 0 fully saturated rings. The van der Waals surface area contributed by atoms with E-state index in [1.165, 1.54) is 17.7 Å². The number of nitrogens with two attached hydrogens (primary N) is 1. The van der Waals surface area contributed by atoms with Crippen LogP contribution in [0.4, 0.5) is 16.4 Å². The number of ketones is 1. The van der Waals surface area contributed by atoms with Crippen LogP contribution in [-0.4, -0.2) is 14.2 Å². The zero-order chi connectivity index (χ0) is 24.5. The molecule has 4 aromatic rings. The van der Waals surface area contributed by atoms with E-state index in [1.54, 1.807) is 36.4 Å². The zero-order valence-corrected chi connectivity index (χ0v) is 21.8. The number of rotatable bonds is 7. The number of thiophene rings is 1. The van der Waals surface area contributed by atoms with Crippen LogP contribution in [0.5, 0.6) is 0 Å². The molecule has 3 aromatic carbocycles. The Hall–Kier alpha value is -2.94. The van der Waals surface area contributed by atoms with Gasteiger partial charge in [0.1, 0.15) is 14.8 Å². The zero-order valence-electron chi connectivity index (χ0n) is 18.6. The second-order valence-corrected chi connectivity index (χ2v) is 11.9. The van der Waals surface area contributed by atoms with Gasteiger partial charge in [-0.1, -0.05) is 72.2 Å². The normalized spacial score (nSPS) is 11.5. The molecule has 174 valence electrons. The summed E-state index contributed by atoms with van der Waals surface area (Å²) in [5, 5.41) is 3.49. The Morgan fingerprint density at radius 1 is 0.941 bits per heavy atom. The molecule has 0 bridgehead atoms. The average molecular weight is 556 g/mol. The molecule has 4 rings (SSSR count). The van der Waals surface area contributed by atoms with Gasteiger partial charge in [-0.05, 0) is 47.9 Å². The number of nitrogen functional groups attached to an aromatic ring is 1. The van der Waals surface area contributed by atoms with Crippen molar-refractivity contribution < 1.29 is 13.2 Å². The minimum absolute atomic E-state index is 0.0527. The Bertz CT molecular complexity index is 1430. The number of nitrogens with one attached hydrogen (secondary N) is 1. The van der Waals surface area contributed by atoms with E-state index in [9.17, 15) is 13.2 Å². The molecule has 8 heteroatoms. The number of anilines is 3. The van der Waals surface area contributed by atoms with Crippen molar-refractivity contribution in [2.75, 3.05) is 11.1 Å². The van der Waals surface area contributed by atoms with Crippen molar-refractivity contribution in [3.05, 3.63) is 99.3 Å². The third kappa shape index (κ3) is 4.80. The first-order valence-electron chi connectivity index (χ1n) is 10.6. The van der Waals surface area contributed by atoms with Gasteiger partial charge in [-0.2, -0.15) is 0 Å². The molecule has 0 radical (unpaired) electrons. The van der Waals surface area contributed by atoms with Crippen molar-refractivity contribution >= 4 is 59.3 Å². The maximum atomic E-state index is 13.7. The standard InChI is InChI=1S/C26H23BrN2O3S2/c1-16(2)17-8-12-20(13-9-17)29-26-25(34(31,32)21-14-10-19(27)11-15-21)22(28)24(33-26)23(30)18-6-4-3-5-7-18/h3-16,29H,28H2,1-2H3. The maximum absolute atomic E-state index is 13.7. The van der Waals surface area contributed by atoms with Crippen LogP contribution in [0, 0.1) is 0 Å². The Morgan fingerprint density at radius 2 is 1.56 bits per heavy atom. The molecule has 0 saturated heterocycles. The van der Waals surface area contributed by atoms with Gasteiger partial charge in [0.25, 0.3) is 0 Å². The molecular formula is C26H23BrN2O3S2.